The number of amides is 3. The number of halogens is 1. The van der Waals surface area contributed by atoms with Crippen LogP contribution in [0.1, 0.15) is 29.3 Å². The number of thiazole rings is 1. The molecule has 0 aliphatic carbocycles. The summed E-state index contributed by atoms with van der Waals surface area (Å²) < 4.78 is 24.2. The molecule has 5 rings (SSSR count). The van der Waals surface area contributed by atoms with E-state index in [-0.39, 0.29) is 17.4 Å². The number of anilines is 2. The summed E-state index contributed by atoms with van der Waals surface area (Å²) in [7, 11) is 3.04. The Bertz CT molecular complexity index is 1970. The first-order chi connectivity index (χ1) is 23.8. The highest BCUT2D eigenvalue weighted by molar-refractivity contribution is 8.00. The molecule has 1 unspecified atom stereocenters. The van der Waals surface area contributed by atoms with Gasteiger partial charge >= 0.3 is 0 Å². The second-order valence-corrected chi connectivity index (χ2v) is 12.7. The molecule has 12 heteroatoms. The number of aromatic nitrogens is 1. The monoisotopic (exact) mass is 696 g/mol. The summed E-state index contributed by atoms with van der Waals surface area (Å²) in [5.74, 6) is -0.560. The van der Waals surface area contributed by atoms with E-state index in [4.69, 9.17) is 9.47 Å². The van der Waals surface area contributed by atoms with Crippen LogP contribution >= 0.6 is 23.1 Å². The Balaban J connectivity index is 1.31. The van der Waals surface area contributed by atoms with E-state index in [2.05, 4.69) is 20.9 Å². The first kappa shape index (κ1) is 34.9. The van der Waals surface area contributed by atoms with Gasteiger partial charge in [-0.1, -0.05) is 31.2 Å². The van der Waals surface area contributed by atoms with Gasteiger partial charge in [-0.05, 0) is 85.3 Å². The topological polar surface area (TPSA) is 119 Å². The van der Waals surface area contributed by atoms with Crippen molar-refractivity contribution in [3.63, 3.8) is 0 Å². The second kappa shape index (κ2) is 16.6. The van der Waals surface area contributed by atoms with Crippen molar-refractivity contribution in [2.45, 2.75) is 23.5 Å². The first-order valence-corrected chi connectivity index (χ1v) is 16.9. The van der Waals surface area contributed by atoms with E-state index in [1.807, 2.05) is 13.0 Å². The first-order valence-electron chi connectivity index (χ1n) is 15.2. The molecule has 4 aromatic carbocycles. The number of hydrogen-bond donors (Lipinski definition) is 3. The predicted molar refractivity (Wildman–Crippen MR) is 193 cm³/mol. The van der Waals surface area contributed by atoms with Gasteiger partial charge in [0.2, 0.25) is 5.91 Å². The lowest BCUT2D eigenvalue weighted by Crippen LogP contribution is -2.30. The van der Waals surface area contributed by atoms with Crippen LogP contribution in [0.25, 0.3) is 17.3 Å². The van der Waals surface area contributed by atoms with Gasteiger partial charge in [0.1, 0.15) is 23.0 Å². The lowest BCUT2D eigenvalue weighted by Gasteiger charge is -2.15. The Morgan fingerprint density at radius 1 is 0.918 bits per heavy atom. The molecule has 0 radical (unpaired) electrons. The number of methoxy groups -OCH3 is 2. The van der Waals surface area contributed by atoms with Gasteiger partial charge in [-0.25, -0.2) is 9.37 Å². The van der Waals surface area contributed by atoms with E-state index >= 15 is 0 Å². The summed E-state index contributed by atoms with van der Waals surface area (Å²) in [5.41, 5.74) is 2.73. The minimum absolute atomic E-state index is 0.0206. The van der Waals surface area contributed by atoms with Crippen molar-refractivity contribution in [1.82, 2.24) is 10.3 Å². The molecule has 0 saturated carbocycles. The van der Waals surface area contributed by atoms with Gasteiger partial charge in [0.05, 0.1) is 25.2 Å². The third kappa shape index (κ3) is 9.34. The lowest BCUT2D eigenvalue weighted by molar-refractivity contribution is -0.116. The van der Waals surface area contributed by atoms with Gasteiger partial charge in [0, 0.05) is 32.7 Å². The van der Waals surface area contributed by atoms with Gasteiger partial charge in [-0.2, -0.15) is 0 Å². The van der Waals surface area contributed by atoms with E-state index in [1.54, 1.807) is 84.2 Å². The SMILES string of the molecule is CCC(Sc1cccc(NC(=O)/C(=C\c2cc(OC)ccc2OC)NC(=O)c2ccccc2)c1)C(=O)Nc1nc(-c2ccc(F)cc2)cs1. The Hall–Kier alpha value is -5.46. The molecule has 1 atom stereocenters. The van der Waals surface area contributed by atoms with Crippen LogP contribution in [0.5, 0.6) is 11.5 Å². The number of rotatable bonds is 13. The minimum atomic E-state index is -0.568. The number of thioether (sulfide) groups is 1. The quantitative estimate of drug-likeness (QED) is 0.0847. The van der Waals surface area contributed by atoms with Gasteiger partial charge < -0.3 is 25.4 Å². The molecule has 250 valence electrons. The molecule has 5 aromatic rings. The maximum Gasteiger partial charge on any atom is 0.272 e. The highest BCUT2D eigenvalue weighted by atomic mass is 32.2. The number of benzene rings is 4. The molecule has 3 N–H and O–H groups in total. The zero-order chi connectivity index (χ0) is 34.8. The fourth-order valence-corrected chi connectivity index (χ4v) is 6.39. The van der Waals surface area contributed by atoms with Crippen LogP contribution < -0.4 is 25.4 Å². The molecule has 0 aliphatic heterocycles. The van der Waals surface area contributed by atoms with Crippen LogP contribution in [0.15, 0.2) is 113 Å². The molecular weight excluding hydrogens is 664 g/mol. The molecule has 0 aliphatic rings. The van der Waals surface area contributed by atoms with Crippen LogP contribution in [0, 0.1) is 5.82 Å². The number of carbonyl (C=O) groups excluding carboxylic acids is 3. The largest absolute Gasteiger partial charge is 0.497 e. The Labute approximate surface area is 291 Å². The molecule has 1 heterocycles. The number of carbonyl (C=O) groups is 3. The van der Waals surface area contributed by atoms with Crippen LogP contribution in [0.4, 0.5) is 15.2 Å². The van der Waals surface area contributed by atoms with Gasteiger partial charge in [-0.15, -0.1) is 23.1 Å². The average Bonchev–Trinajstić information content (AvgIpc) is 3.59. The fourth-order valence-electron chi connectivity index (χ4n) is 4.65. The minimum Gasteiger partial charge on any atom is -0.497 e. The Kier molecular flexibility index (Phi) is 11.8. The zero-order valence-electron chi connectivity index (χ0n) is 26.9. The highest BCUT2D eigenvalue weighted by Gasteiger charge is 2.21. The Morgan fingerprint density at radius 2 is 1.69 bits per heavy atom. The molecule has 1 aromatic heterocycles. The maximum absolute atomic E-state index is 13.7. The highest BCUT2D eigenvalue weighted by Crippen LogP contribution is 2.31. The normalized spacial score (nSPS) is 11.7. The van der Waals surface area contributed by atoms with Gasteiger partial charge in [0.25, 0.3) is 11.8 Å². The van der Waals surface area contributed by atoms with Crippen LogP contribution in [0.3, 0.4) is 0 Å². The Morgan fingerprint density at radius 3 is 2.41 bits per heavy atom. The number of hydrogen-bond acceptors (Lipinski definition) is 8. The van der Waals surface area contributed by atoms with Crippen molar-refractivity contribution in [2.24, 2.45) is 0 Å². The summed E-state index contributed by atoms with van der Waals surface area (Å²) >= 11 is 2.63. The van der Waals surface area contributed by atoms with Crippen molar-refractivity contribution in [3.8, 4) is 22.8 Å². The number of nitrogens with zero attached hydrogens (tertiary/aromatic N) is 1. The zero-order valence-corrected chi connectivity index (χ0v) is 28.5. The van der Waals surface area contributed by atoms with E-state index in [0.29, 0.717) is 45.6 Å². The van der Waals surface area contributed by atoms with Crippen molar-refractivity contribution in [3.05, 3.63) is 125 Å². The standard InChI is InChI=1S/C37H33FN4O5S2/c1-4-33(36(45)42-37-41-31(22-48-37)23-13-15-26(38)16-14-23)49-29-12-8-11-27(21-29)39-35(44)30(40-34(43)24-9-6-5-7-10-24)20-25-19-28(46-2)17-18-32(25)47-3/h5-22,33H,4H2,1-3H3,(H,39,44)(H,40,43)(H,41,42,45)/b30-20+. The summed E-state index contributed by atoms with van der Waals surface area (Å²) in [6.07, 6.45) is 2.05. The summed E-state index contributed by atoms with van der Waals surface area (Å²) in [5, 5.41) is 10.3. The fraction of sp³-hybridized carbons (Fsp3) is 0.135. The van der Waals surface area contributed by atoms with E-state index in [9.17, 15) is 18.8 Å². The summed E-state index contributed by atoms with van der Waals surface area (Å²) in [4.78, 5) is 45.3. The molecule has 0 saturated heterocycles. The summed E-state index contributed by atoms with van der Waals surface area (Å²) in [6, 6.07) is 26.8. The molecular formula is C37H33FN4O5S2. The van der Waals surface area contributed by atoms with E-state index < -0.39 is 17.1 Å². The third-order valence-corrected chi connectivity index (χ3v) is 9.29. The van der Waals surface area contributed by atoms with Crippen molar-refractivity contribution in [1.29, 1.82) is 0 Å². The third-order valence-electron chi connectivity index (χ3n) is 7.17. The second-order valence-electron chi connectivity index (χ2n) is 10.5. The molecule has 3 amide bonds. The molecule has 0 spiro atoms. The van der Waals surface area contributed by atoms with Crippen molar-refractivity contribution >= 4 is 57.7 Å². The van der Waals surface area contributed by atoms with Crippen LogP contribution in [-0.4, -0.2) is 42.2 Å². The lowest BCUT2D eigenvalue weighted by atomic mass is 10.1. The molecule has 0 bridgehead atoms. The van der Waals surface area contributed by atoms with E-state index in [0.717, 1.165) is 10.5 Å². The molecule has 9 nitrogen and oxygen atoms in total. The van der Waals surface area contributed by atoms with Crippen LogP contribution in [0.2, 0.25) is 0 Å². The smallest absolute Gasteiger partial charge is 0.272 e. The maximum atomic E-state index is 13.7. The van der Waals surface area contributed by atoms with E-state index in [1.165, 1.54) is 55.5 Å². The number of ether oxygens (including phenoxy) is 2. The predicted octanol–water partition coefficient (Wildman–Crippen LogP) is 7.89. The average molecular weight is 697 g/mol. The molecule has 0 fully saturated rings. The van der Waals surface area contributed by atoms with Crippen molar-refractivity contribution < 1.29 is 28.2 Å². The van der Waals surface area contributed by atoms with Gasteiger partial charge in [-0.3, -0.25) is 14.4 Å². The van der Waals surface area contributed by atoms with Crippen LogP contribution in [-0.2, 0) is 9.59 Å². The van der Waals surface area contributed by atoms with Gasteiger partial charge in [0.15, 0.2) is 5.13 Å². The molecule has 49 heavy (non-hydrogen) atoms. The number of nitrogens with one attached hydrogen (secondary N) is 3. The summed E-state index contributed by atoms with van der Waals surface area (Å²) in [6.45, 7) is 1.91. The van der Waals surface area contributed by atoms with Crippen molar-refractivity contribution in [2.75, 3.05) is 24.9 Å².